The Hall–Kier alpha value is -2.42. The van der Waals surface area contributed by atoms with Crippen LogP contribution in [-0.2, 0) is 9.59 Å². The number of esters is 2. The van der Waals surface area contributed by atoms with Crippen molar-refractivity contribution in [2.24, 2.45) is 0 Å². The predicted octanol–water partition coefficient (Wildman–Crippen LogP) is 7.98. The molecule has 0 bridgehead atoms. The van der Waals surface area contributed by atoms with E-state index in [1.807, 2.05) is 12.1 Å². The van der Waals surface area contributed by atoms with Crippen molar-refractivity contribution in [3.05, 3.63) is 21.4 Å². The summed E-state index contributed by atoms with van der Waals surface area (Å²) in [5.41, 5.74) is 0.647. The highest BCUT2D eigenvalue weighted by atomic mass is 32.2. The molecule has 1 aromatic carbocycles. The molecule has 6 nitrogen and oxygen atoms in total. The van der Waals surface area contributed by atoms with E-state index in [1.54, 1.807) is 13.0 Å². The number of rotatable bonds is 14. The van der Waals surface area contributed by atoms with E-state index in [4.69, 9.17) is 9.47 Å². The zero-order valence-corrected chi connectivity index (χ0v) is 22.5. The first-order chi connectivity index (χ1) is 16.9. The Balaban J connectivity index is 2.20. The largest absolute Gasteiger partial charge is 0.425 e. The third kappa shape index (κ3) is 8.94. The van der Waals surface area contributed by atoms with Crippen LogP contribution in [0.5, 0.6) is 11.5 Å². The minimum atomic E-state index is -0.316. The van der Waals surface area contributed by atoms with Gasteiger partial charge in [-0.05, 0) is 31.4 Å². The standard InChI is InChI=1S/C27H34N2O4S2/c1-4-6-8-10-12-14-22(30)32-21-16-19(3)24(33-23(31)15-13-11-9-7-5-2)26-25(21)34-27(35-26)20(17-28)18-29/h16H,4-15H2,1-3H3. The van der Waals surface area contributed by atoms with Gasteiger partial charge in [0.05, 0.1) is 14.0 Å². The van der Waals surface area contributed by atoms with Crippen LogP contribution in [0.2, 0.25) is 0 Å². The highest BCUT2D eigenvalue weighted by Crippen LogP contribution is 2.59. The van der Waals surface area contributed by atoms with Gasteiger partial charge in [0.15, 0.2) is 0 Å². The average Bonchev–Trinajstić information content (AvgIpc) is 3.27. The van der Waals surface area contributed by atoms with Gasteiger partial charge in [0.25, 0.3) is 0 Å². The summed E-state index contributed by atoms with van der Waals surface area (Å²) >= 11 is 2.41. The molecule has 0 spiro atoms. The van der Waals surface area contributed by atoms with Gasteiger partial charge in [-0.3, -0.25) is 9.59 Å². The molecule has 0 saturated carbocycles. The highest BCUT2D eigenvalue weighted by molar-refractivity contribution is 8.24. The number of aryl methyl sites for hydroxylation is 1. The molecule has 1 aromatic rings. The fraction of sp³-hybridized carbons (Fsp3) is 0.556. The molecular formula is C27H34N2O4S2. The Morgan fingerprint density at radius 1 is 0.800 bits per heavy atom. The molecule has 1 aliphatic heterocycles. The zero-order chi connectivity index (χ0) is 25.6. The van der Waals surface area contributed by atoms with E-state index in [9.17, 15) is 20.1 Å². The van der Waals surface area contributed by atoms with Gasteiger partial charge < -0.3 is 9.47 Å². The third-order valence-corrected chi connectivity index (χ3v) is 8.18. The number of carbonyl (C=O) groups excluding carboxylic acids is 2. The van der Waals surface area contributed by atoms with Gasteiger partial charge in [0, 0.05) is 12.8 Å². The fourth-order valence-corrected chi connectivity index (χ4v) is 6.17. The lowest BCUT2D eigenvalue weighted by Gasteiger charge is -2.15. The van der Waals surface area contributed by atoms with Crippen LogP contribution in [0.15, 0.2) is 25.7 Å². The first-order valence-electron chi connectivity index (χ1n) is 12.4. The van der Waals surface area contributed by atoms with Gasteiger partial charge in [0.1, 0.15) is 29.2 Å². The predicted molar refractivity (Wildman–Crippen MR) is 139 cm³/mol. The van der Waals surface area contributed by atoms with Crippen LogP contribution >= 0.6 is 23.5 Å². The van der Waals surface area contributed by atoms with Crippen LogP contribution < -0.4 is 9.47 Å². The van der Waals surface area contributed by atoms with Crippen LogP contribution in [-0.4, -0.2) is 11.9 Å². The minimum Gasteiger partial charge on any atom is -0.425 e. The van der Waals surface area contributed by atoms with E-state index in [0.717, 1.165) is 64.2 Å². The van der Waals surface area contributed by atoms with Crippen molar-refractivity contribution in [3.8, 4) is 23.6 Å². The van der Waals surface area contributed by atoms with Crippen molar-refractivity contribution in [3.63, 3.8) is 0 Å². The van der Waals surface area contributed by atoms with E-state index in [-0.39, 0.29) is 17.5 Å². The zero-order valence-electron chi connectivity index (χ0n) is 20.9. The lowest BCUT2D eigenvalue weighted by atomic mass is 10.1. The summed E-state index contributed by atoms with van der Waals surface area (Å²) in [5, 5.41) is 18.7. The van der Waals surface area contributed by atoms with Crippen molar-refractivity contribution in [1.29, 1.82) is 10.5 Å². The number of thioether (sulfide) groups is 2. The van der Waals surface area contributed by atoms with Gasteiger partial charge in [-0.2, -0.15) is 10.5 Å². The fourth-order valence-electron chi connectivity index (χ4n) is 3.62. The van der Waals surface area contributed by atoms with Crippen molar-refractivity contribution < 1.29 is 19.1 Å². The van der Waals surface area contributed by atoms with Gasteiger partial charge >= 0.3 is 11.9 Å². The maximum atomic E-state index is 12.5. The van der Waals surface area contributed by atoms with E-state index >= 15 is 0 Å². The number of ether oxygens (including phenoxy) is 2. The Bertz CT molecular complexity index is 1010. The summed E-state index contributed by atoms with van der Waals surface area (Å²) in [6.45, 7) is 6.09. The van der Waals surface area contributed by atoms with Crippen molar-refractivity contribution in [2.45, 2.75) is 108 Å². The minimum absolute atomic E-state index is 0.0183. The van der Waals surface area contributed by atoms with Gasteiger partial charge in [0.2, 0.25) is 0 Å². The van der Waals surface area contributed by atoms with E-state index < -0.39 is 0 Å². The summed E-state index contributed by atoms with van der Waals surface area (Å²) in [5.74, 6) is 0.148. The molecule has 2 rings (SSSR count). The van der Waals surface area contributed by atoms with Crippen LogP contribution in [0.1, 0.15) is 96.5 Å². The smallest absolute Gasteiger partial charge is 0.311 e. The molecule has 1 aliphatic rings. The summed E-state index contributed by atoms with van der Waals surface area (Å²) in [6.07, 6.45) is 11.0. The van der Waals surface area contributed by atoms with Gasteiger partial charge in [-0.25, -0.2) is 0 Å². The number of nitrogens with zero attached hydrogens (tertiary/aromatic N) is 2. The maximum Gasteiger partial charge on any atom is 0.311 e. The normalized spacial score (nSPS) is 12.0. The quantitative estimate of drug-likeness (QED) is 0.107. The molecule has 0 saturated heterocycles. The lowest BCUT2D eigenvalue weighted by molar-refractivity contribution is -0.136. The molecule has 0 amide bonds. The van der Waals surface area contributed by atoms with Gasteiger partial charge in [-0.1, -0.05) is 88.7 Å². The van der Waals surface area contributed by atoms with Crippen molar-refractivity contribution in [1.82, 2.24) is 0 Å². The topological polar surface area (TPSA) is 100 Å². The Morgan fingerprint density at radius 2 is 1.31 bits per heavy atom. The summed E-state index contributed by atoms with van der Waals surface area (Å²) < 4.78 is 11.9. The number of benzene rings is 1. The SMILES string of the molecule is CCCCCCCC(=O)Oc1cc(C)c(OC(=O)CCCCCCC)c2c1SC(=C(C#N)C#N)S2. The molecular weight excluding hydrogens is 480 g/mol. The number of hydrogen-bond acceptors (Lipinski definition) is 8. The highest BCUT2D eigenvalue weighted by Gasteiger charge is 2.31. The number of allylic oxidation sites excluding steroid dienone is 1. The van der Waals surface area contributed by atoms with Crippen LogP contribution in [0.3, 0.4) is 0 Å². The van der Waals surface area contributed by atoms with Crippen LogP contribution in [0.25, 0.3) is 0 Å². The monoisotopic (exact) mass is 514 g/mol. The second-order valence-corrected chi connectivity index (χ2v) is 10.8. The Morgan fingerprint density at radius 3 is 1.86 bits per heavy atom. The molecule has 8 heteroatoms. The van der Waals surface area contributed by atoms with E-state index in [0.29, 0.717) is 43.9 Å². The van der Waals surface area contributed by atoms with Crippen molar-refractivity contribution >= 4 is 35.5 Å². The molecule has 1 heterocycles. The number of nitriles is 2. The summed E-state index contributed by atoms with van der Waals surface area (Å²) in [6, 6.07) is 5.53. The Labute approximate surface area is 217 Å². The number of hydrogen-bond donors (Lipinski definition) is 0. The molecule has 188 valence electrons. The third-order valence-electron chi connectivity index (χ3n) is 5.57. The summed E-state index contributed by atoms with van der Waals surface area (Å²) in [4.78, 5) is 26.3. The lowest BCUT2D eigenvalue weighted by Crippen LogP contribution is -2.11. The second-order valence-electron chi connectivity index (χ2n) is 8.55. The van der Waals surface area contributed by atoms with Crippen molar-refractivity contribution in [2.75, 3.05) is 0 Å². The van der Waals surface area contributed by atoms with E-state index in [2.05, 4.69) is 13.8 Å². The number of unbranched alkanes of at least 4 members (excludes halogenated alkanes) is 8. The van der Waals surface area contributed by atoms with Gasteiger partial charge in [-0.15, -0.1) is 0 Å². The van der Waals surface area contributed by atoms with Crippen LogP contribution in [0.4, 0.5) is 0 Å². The molecule has 35 heavy (non-hydrogen) atoms. The molecule has 0 aliphatic carbocycles. The second kappa shape index (κ2) is 15.5. The molecule has 0 atom stereocenters. The molecule has 0 radical (unpaired) electrons. The molecule has 0 unspecified atom stereocenters. The average molecular weight is 515 g/mol. The Kier molecular flexibility index (Phi) is 12.8. The molecule has 0 aromatic heterocycles. The maximum absolute atomic E-state index is 12.5. The molecule has 0 N–H and O–H groups in total. The van der Waals surface area contributed by atoms with E-state index in [1.165, 1.54) is 23.5 Å². The number of carbonyl (C=O) groups is 2. The summed E-state index contributed by atoms with van der Waals surface area (Å²) in [7, 11) is 0. The first kappa shape index (κ1) is 28.8. The molecule has 0 fully saturated rings. The number of fused-ring (bicyclic) bond motifs is 1. The van der Waals surface area contributed by atoms with Crippen LogP contribution in [0, 0.1) is 29.6 Å². The first-order valence-corrected chi connectivity index (χ1v) is 14.1.